The smallest absolute Gasteiger partial charge is 0.258 e. The number of hydrogen-bond donors (Lipinski definition) is 0. The molecule has 0 radical (unpaired) electrons. The normalized spacial score (nSPS) is 9.50. The van der Waals surface area contributed by atoms with Gasteiger partial charge in [0.25, 0.3) is 0 Å². The Bertz CT molecular complexity index is 426. The molecule has 1 rings (SSSR count). The summed E-state index contributed by atoms with van der Waals surface area (Å²) in [5.41, 5.74) is -1.09. The maximum Gasteiger partial charge on any atom is 0.312 e. The van der Waals surface area contributed by atoms with E-state index >= 15 is 0 Å². The zero-order chi connectivity index (χ0) is 10.7. The molecule has 0 saturated heterocycles. The molecule has 0 amide bonds. The molecule has 0 heterocycles. The maximum absolute atomic E-state index is 12.9. The zero-order valence-corrected chi connectivity index (χ0v) is 6.83. The summed E-state index contributed by atoms with van der Waals surface area (Å²) in [5, 5.41) is 18.7. The van der Waals surface area contributed by atoms with Crippen LogP contribution in [0.2, 0.25) is 0 Å². The molecule has 0 aliphatic carbocycles. The number of nitriles is 1. The van der Waals surface area contributed by atoms with Crippen molar-refractivity contribution in [1.29, 1.82) is 5.26 Å². The van der Waals surface area contributed by atoms with Crippen molar-refractivity contribution in [2.75, 3.05) is 0 Å². The number of hydrogen-bond acceptors (Lipinski definition) is 3. The summed E-state index contributed by atoms with van der Waals surface area (Å²) >= 11 is 0. The lowest BCUT2D eigenvalue weighted by Gasteiger charge is -1.99. The van der Waals surface area contributed by atoms with Gasteiger partial charge in [-0.2, -0.15) is 9.65 Å². The van der Waals surface area contributed by atoms with Crippen molar-refractivity contribution >= 4 is 5.69 Å². The van der Waals surface area contributed by atoms with Crippen LogP contribution < -0.4 is 0 Å². The average molecular weight is 198 g/mol. The summed E-state index contributed by atoms with van der Waals surface area (Å²) in [4.78, 5) is 9.32. The van der Waals surface area contributed by atoms with Gasteiger partial charge in [-0.1, -0.05) is 0 Å². The van der Waals surface area contributed by atoms with Crippen molar-refractivity contribution in [2.24, 2.45) is 0 Å². The fourth-order valence-corrected chi connectivity index (χ4v) is 1.01. The summed E-state index contributed by atoms with van der Waals surface area (Å²) in [7, 11) is 0. The van der Waals surface area contributed by atoms with Crippen molar-refractivity contribution in [3.05, 3.63) is 39.4 Å². The minimum Gasteiger partial charge on any atom is -0.258 e. The number of nitro benzene ring substituents is 1. The predicted molar refractivity (Wildman–Crippen MR) is 42.3 cm³/mol. The van der Waals surface area contributed by atoms with Crippen LogP contribution in [0.15, 0.2) is 12.1 Å². The second-order valence-corrected chi connectivity index (χ2v) is 2.46. The molecule has 0 spiro atoms. The molecule has 0 atom stereocenters. The van der Waals surface area contributed by atoms with Gasteiger partial charge in [0.1, 0.15) is 0 Å². The molecule has 1 aromatic rings. The fourth-order valence-electron chi connectivity index (χ4n) is 1.01. The Morgan fingerprint density at radius 3 is 2.64 bits per heavy atom. The lowest BCUT2D eigenvalue weighted by molar-refractivity contribution is -0.388. The molecule has 72 valence electrons. The molecule has 0 fully saturated rings. The van der Waals surface area contributed by atoms with E-state index in [-0.39, 0.29) is 12.0 Å². The molecule has 14 heavy (non-hydrogen) atoms. The molecule has 0 N–H and O–H groups in total. The van der Waals surface area contributed by atoms with Crippen molar-refractivity contribution in [2.45, 2.75) is 6.42 Å². The zero-order valence-electron chi connectivity index (χ0n) is 6.83. The highest BCUT2D eigenvalue weighted by atomic mass is 19.2. The summed E-state index contributed by atoms with van der Waals surface area (Å²) < 4.78 is 25.5. The van der Waals surface area contributed by atoms with E-state index in [4.69, 9.17) is 5.26 Å². The SMILES string of the molecule is N#CCc1ccc(F)c(F)c1[N+](=O)[O-]. The van der Waals surface area contributed by atoms with Crippen LogP contribution in [0.3, 0.4) is 0 Å². The third-order valence-electron chi connectivity index (χ3n) is 1.60. The third kappa shape index (κ3) is 1.66. The number of nitro groups is 1. The average Bonchev–Trinajstić information content (AvgIpc) is 2.11. The van der Waals surface area contributed by atoms with Gasteiger partial charge in [-0.3, -0.25) is 10.1 Å². The van der Waals surface area contributed by atoms with Gasteiger partial charge in [0, 0.05) is 5.56 Å². The van der Waals surface area contributed by atoms with Crippen molar-refractivity contribution in [1.82, 2.24) is 0 Å². The Morgan fingerprint density at radius 2 is 2.14 bits per heavy atom. The standard InChI is InChI=1S/C8H4F2N2O2/c9-6-2-1-5(3-4-11)8(7(6)10)12(13)14/h1-2H,3H2. The number of benzene rings is 1. The van der Waals surface area contributed by atoms with Crippen LogP contribution in [-0.2, 0) is 6.42 Å². The third-order valence-corrected chi connectivity index (χ3v) is 1.60. The van der Waals surface area contributed by atoms with Gasteiger partial charge in [-0.25, -0.2) is 4.39 Å². The monoisotopic (exact) mass is 198 g/mol. The molecule has 1 aromatic carbocycles. The van der Waals surface area contributed by atoms with Gasteiger partial charge in [-0.05, 0) is 12.1 Å². The van der Waals surface area contributed by atoms with E-state index in [1.807, 2.05) is 0 Å². The topological polar surface area (TPSA) is 66.9 Å². The van der Waals surface area contributed by atoms with Crippen LogP contribution in [0.25, 0.3) is 0 Å². The first kappa shape index (κ1) is 10.1. The minimum absolute atomic E-state index is 0.128. The Morgan fingerprint density at radius 1 is 1.50 bits per heavy atom. The molecule has 4 nitrogen and oxygen atoms in total. The molecule has 0 aliphatic rings. The molecule has 0 aliphatic heterocycles. The van der Waals surface area contributed by atoms with Gasteiger partial charge >= 0.3 is 5.69 Å². The highest BCUT2D eigenvalue weighted by Gasteiger charge is 2.23. The van der Waals surface area contributed by atoms with Crippen molar-refractivity contribution < 1.29 is 13.7 Å². The quantitative estimate of drug-likeness (QED) is 0.538. The highest BCUT2D eigenvalue weighted by Crippen LogP contribution is 2.24. The van der Waals surface area contributed by atoms with Gasteiger partial charge in [0.05, 0.1) is 17.4 Å². The van der Waals surface area contributed by atoms with E-state index in [2.05, 4.69) is 0 Å². The van der Waals surface area contributed by atoms with Gasteiger partial charge in [0.2, 0.25) is 5.82 Å². The van der Waals surface area contributed by atoms with Crippen LogP contribution in [0.5, 0.6) is 0 Å². The Balaban J connectivity index is 3.39. The largest absolute Gasteiger partial charge is 0.312 e. The predicted octanol–water partition coefficient (Wildman–Crippen LogP) is 1.94. The highest BCUT2D eigenvalue weighted by molar-refractivity contribution is 5.43. The van der Waals surface area contributed by atoms with E-state index in [0.29, 0.717) is 0 Å². The molecule has 0 bridgehead atoms. The van der Waals surface area contributed by atoms with Crippen LogP contribution >= 0.6 is 0 Å². The Hall–Kier alpha value is -2.03. The number of halogens is 2. The maximum atomic E-state index is 12.9. The Kier molecular flexibility index (Phi) is 2.72. The summed E-state index contributed by atoms with van der Waals surface area (Å²) in [6.45, 7) is 0. The first-order chi connectivity index (χ1) is 6.57. The van der Waals surface area contributed by atoms with E-state index in [1.165, 1.54) is 0 Å². The second-order valence-electron chi connectivity index (χ2n) is 2.46. The van der Waals surface area contributed by atoms with Gasteiger partial charge < -0.3 is 0 Å². The minimum atomic E-state index is -1.53. The van der Waals surface area contributed by atoms with E-state index < -0.39 is 22.2 Å². The lowest BCUT2D eigenvalue weighted by Crippen LogP contribution is -2.00. The van der Waals surface area contributed by atoms with Crippen LogP contribution in [0.1, 0.15) is 5.56 Å². The first-order valence-corrected chi connectivity index (χ1v) is 3.56. The van der Waals surface area contributed by atoms with Crippen LogP contribution in [0, 0.1) is 33.1 Å². The molecule has 0 unspecified atom stereocenters. The van der Waals surface area contributed by atoms with Crippen molar-refractivity contribution in [3.8, 4) is 6.07 Å². The van der Waals surface area contributed by atoms with Gasteiger partial charge in [-0.15, -0.1) is 0 Å². The van der Waals surface area contributed by atoms with E-state index in [1.54, 1.807) is 6.07 Å². The fraction of sp³-hybridized carbons (Fsp3) is 0.125. The Labute approximate surface area is 77.5 Å². The lowest BCUT2D eigenvalue weighted by atomic mass is 10.1. The molecule has 0 aromatic heterocycles. The number of rotatable bonds is 2. The molecular formula is C8H4F2N2O2. The second kappa shape index (κ2) is 3.79. The molecular weight excluding hydrogens is 194 g/mol. The summed E-state index contributed by atoms with van der Waals surface area (Å²) in [6, 6.07) is 3.42. The summed E-state index contributed by atoms with van der Waals surface area (Å²) in [6.07, 6.45) is -0.326. The van der Waals surface area contributed by atoms with E-state index in [0.717, 1.165) is 12.1 Å². The molecule has 6 heteroatoms. The van der Waals surface area contributed by atoms with Crippen molar-refractivity contribution in [3.63, 3.8) is 0 Å². The first-order valence-electron chi connectivity index (χ1n) is 3.56. The summed E-state index contributed by atoms with van der Waals surface area (Å²) in [5.74, 6) is -2.82. The molecule has 0 saturated carbocycles. The van der Waals surface area contributed by atoms with Crippen LogP contribution in [-0.4, -0.2) is 4.92 Å². The number of nitrogens with zero attached hydrogens (tertiary/aromatic N) is 2. The van der Waals surface area contributed by atoms with Crippen LogP contribution in [0.4, 0.5) is 14.5 Å². The van der Waals surface area contributed by atoms with E-state index in [9.17, 15) is 18.9 Å². The van der Waals surface area contributed by atoms with Gasteiger partial charge in [0.15, 0.2) is 5.82 Å².